The zero-order valence-electron chi connectivity index (χ0n) is 10.1. The summed E-state index contributed by atoms with van der Waals surface area (Å²) < 4.78 is 25.9. The van der Waals surface area contributed by atoms with Crippen molar-refractivity contribution in [1.29, 1.82) is 0 Å². The Kier molecular flexibility index (Phi) is 5.58. The summed E-state index contributed by atoms with van der Waals surface area (Å²) in [4.78, 5) is 0. The molecule has 0 bridgehead atoms. The number of rotatable bonds is 0. The molecule has 0 saturated carbocycles. The Bertz CT molecular complexity index is 533. The van der Waals surface area contributed by atoms with Crippen LogP contribution < -0.4 is 22.9 Å². The van der Waals surface area contributed by atoms with E-state index < -0.39 is 11.6 Å². The fraction of sp³-hybridized carbons (Fsp3) is 0. The van der Waals surface area contributed by atoms with E-state index in [4.69, 9.17) is 22.9 Å². The van der Waals surface area contributed by atoms with Gasteiger partial charge in [-0.3, -0.25) is 0 Å². The first-order chi connectivity index (χ1) is 9.22. The predicted molar refractivity (Wildman–Crippen MR) is 85.8 cm³/mol. The average molecular weight is 410 g/mol. The predicted octanol–water partition coefficient (Wildman–Crippen LogP) is 3.51. The molecule has 0 unspecified atom stereocenters. The number of nitrogens with two attached hydrogens (primary N) is 4. The molecule has 8 heteroatoms. The molecule has 0 saturated heterocycles. The minimum Gasteiger partial charge on any atom is -0.397 e. The fourth-order valence-electron chi connectivity index (χ4n) is 1.21. The van der Waals surface area contributed by atoms with Crippen LogP contribution in [-0.4, -0.2) is 0 Å². The van der Waals surface area contributed by atoms with Crippen molar-refractivity contribution in [2.45, 2.75) is 0 Å². The second kappa shape index (κ2) is 6.76. The SMILES string of the molecule is Nc1cc(F)cc(Br)c1N.Nc1cc(F)cc(Br)c1N. The summed E-state index contributed by atoms with van der Waals surface area (Å²) in [6.07, 6.45) is 0. The van der Waals surface area contributed by atoms with E-state index in [0.29, 0.717) is 20.3 Å². The van der Waals surface area contributed by atoms with Crippen molar-refractivity contribution >= 4 is 54.6 Å². The van der Waals surface area contributed by atoms with Gasteiger partial charge in [0.15, 0.2) is 0 Å². The van der Waals surface area contributed by atoms with Crippen LogP contribution in [0.15, 0.2) is 33.2 Å². The Morgan fingerprint density at radius 1 is 0.650 bits per heavy atom. The molecule has 0 amide bonds. The van der Waals surface area contributed by atoms with E-state index in [2.05, 4.69) is 31.9 Å². The highest BCUT2D eigenvalue weighted by Crippen LogP contribution is 2.26. The quantitative estimate of drug-likeness (QED) is 0.499. The van der Waals surface area contributed by atoms with Gasteiger partial charge in [0.05, 0.1) is 22.7 Å². The molecular formula is C12H12Br2F2N4. The smallest absolute Gasteiger partial charge is 0.126 e. The molecule has 2 rings (SSSR count). The Balaban J connectivity index is 0.000000200. The summed E-state index contributed by atoms with van der Waals surface area (Å²) in [6.45, 7) is 0. The van der Waals surface area contributed by atoms with E-state index in [0.717, 1.165) is 0 Å². The van der Waals surface area contributed by atoms with E-state index in [9.17, 15) is 8.78 Å². The number of nitrogen functional groups attached to an aromatic ring is 4. The van der Waals surface area contributed by atoms with E-state index in [1.165, 1.54) is 24.3 Å². The number of halogens is 4. The molecule has 20 heavy (non-hydrogen) atoms. The lowest BCUT2D eigenvalue weighted by molar-refractivity contribution is 0.627. The Morgan fingerprint density at radius 2 is 0.950 bits per heavy atom. The van der Waals surface area contributed by atoms with E-state index in [1.807, 2.05) is 0 Å². The van der Waals surface area contributed by atoms with Crippen LogP contribution in [0.5, 0.6) is 0 Å². The first-order valence-electron chi connectivity index (χ1n) is 5.22. The molecule has 4 nitrogen and oxygen atoms in total. The average Bonchev–Trinajstić information content (AvgIpc) is 2.33. The monoisotopic (exact) mass is 408 g/mol. The summed E-state index contributed by atoms with van der Waals surface area (Å²) in [5.74, 6) is -0.780. The van der Waals surface area contributed by atoms with Crippen molar-refractivity contribution in [3.8, 4) is 0 Å². The molecule has 2 aromatic carbocycles. The molecule has 0 atom stereocenters. The van der Waals surface area contributed by atoms with Crippen molar-refractivity contribution in [3.05, 3.63) is 44.8 Å². The highest BCUT2D eigenvalue weighted by Gasteiger charge is 2.02. The summed E-state index contributed by atoms with van der Waals surface area (Å²) >= 11 is 6.10. The largest absolute Gasteiger partial charge is 0.397 e. The molecule has 0 heterocycles. The van der Waals surface area contributed by atoms with Gasteiger partial charge in [0.1, 0.15) is 11.6 Å². The second-order valence-electron chi connectivity index (χ2n) is 3.78. The zero-order valence-corrected chi connectivity index (χ0v) is 13.3. The van der Waals surface area contributed by atoms with Crippen molar-refractivity contribution in [2.24, 2.45) is 0 Å². The third-order valence-electron chi connectivity index (χ3n) is 2.25. The molecule has 0 radical (unpaired) electrons. The van der Waals surface area contributed by atoms with Crippen LogP contribution in [0.25, 0.3) is 0 Å². The Hall–Kier alpha value is -1.54. The molecular weight excluding hydrogens is 398 g/mol. The maximum absolute atomic E-state index is 12.4. The standard InChI is InChI=1S/2C6H6BrFN2/c2*7-4-1-3(8)2-5(9)6(4)10/h2*1-2H,9-10H2. The van der Waals surface area contributed by atoms with Gasteiger partial charge < -0.3 is 22.9 Å². The molecule has 0 aliphatic carbocycles. The second-order valence-corrected chi connectivity index (χ2v) is 5.49. The van der Waals surface area contributed by atoms with Gasteiger partial charge in [-0.15, -0.1) is 0 Å². The molecule has 0 spiro atoms. The van der Waals surface area contributed by atoms with Gasteiger partial charge in [0, 0.05) is 8.95 Å². The summed E-state index contributed by atoms with van der Waals surface area (Å²) in [5, 5.41) is 0. The van der Waals surface area contributed by atoms with Crippen LogP contribution in [0.1, 0.15) is 0 Å². The Labute approximate surface area is 131 Å². The first kappa shape index (κ1) is 16.5. The van der Waals surface area contributed by atoms with Crippen molar-refractivity contribution < 1.29 is 8.78 Å². The van der Waals surface area contributed by atoms with E-state index in [1.54, 1.807) is 0 Å². The van der Waals surface area contributed by atoms with Gasteiger partial charge in [-0.25, -0.2) is 8.78 Å². The van der Waals surface area contributed by atoms with Gasteiger partial charge in [-0.1, -0.05) is 0 Å². The number of anilines is 4. The highest BCUT2D eigenvalue weighted by molar-refractivity contribution is 9.11. The normalized spacial score (nSPS) is 9.80. The van der Waals surface area contributed by atoms with Crippen LogP contribution in [0.2, 0.25) is 0 Å². The molecule has 0 fully saturated rings. The van der Waals surface area contributed by atoms with Gasteiger partial charge >= 0.3 is 0 Å². The maximum Gasteiger partial charge on any atom is 0.126 e. The van der Waals surface area contributed by atoms with E-state index in [-0.39, 0.29) is 11.4 Å². The van der Waals surface area contributed by atoms with E-state index >= 15 is 0 Å². The molecule has 0 aromatic heterocycles. The van der Waals surface area contributed by atoms with Gasteiger partial charge in [-0.2, -0.15) is 0 Å². The third-order valence-corrected chi connectivity index (χ3v) is 3.56. The number of hydrogen-bond acceptors (Lipinski definition) is 4. The lowest BCUT2D eigenvalue weighted by Gasteiger charge is -2.01. The van der Waals surface area contributed by atoms with Crippen LogP contribution in [0.3, 0.4) is 0 Å². The lowest BCUT2D eigenvalue weighted by Crippen LogP contribution is -1.96. The van der Waals surface area contributed by atoms with Crippen LogP contribution in [0.4, 0.5) is 31.5 Å². The molecule has 108 valence electrons. The molecule has 8 N–H and O–H groups in total. The lowest BCUT2D eigenvalue weighted by atomic mass is 10.3. The van der Waals surface area contributed by atoms with Crippen molar-refractivity contribution in [1.82, 2.24) is 0 Å². The summed E-state index contributed by atoms with van der Waals surface area (Å²) in [5.41, 5.74) is 22.7. The molecule has 0 aliphatic heterocycles. The third kappa shape index (κ3) is 4.24. The summed E-state index contributed by atoms with van der Waals surface area (Å²) in [7, 11) is 0. The Morgan fingerprint density at radius 3 is 1.20 bits per heavy atom. The number of benzene rings is 2. The minimum absolute atomic E-state index is 0.256. The molecule has 2 aromatic rings. The number of hydrogen-bond donors (Lipinski definition) is 4. The van der Waals surface area contributed by atoms with Gasteiger partial charge in [-0.05, 0) is 56.1 Å². The van der Waals surface area contributed by atoms with Crippen LogP contribution >= 0.6 is 31.9 Å². The van der Waals surface area contributed by atoms with Crippen molar-refractivity contribution in [2.75, 3.05) is 22.9 Å². The highest BCUT2D eigenvalue weighted by atomic mass is 79.9. The topological polar surface area (TPSA) is 104 Å². The fourth-order valence-corrected chi connectivity index (χ4v) is 2.10. The first-order valence-corrected chi connectivity index (χ1v) is 6.81. The van der Waals surface area contributed by atoms with Crippen LogP contribution in [0, 0.1) is 11.6 Å². The van der Waals surface area contributed by atoms with Gasteiger partial charge in [0.25, 0.3) is 0 Å². The van der Waals surface area contributed by atoms with Gasteiger partial charge in [0.2, 0.25) is 0 Å². The minimum atomic E-state index is -0.390. The summed E-state index contributed by atoms with van der Waals surface area (Å²) in [6, 6.07) is 4.90. The van der Waals surface area contributed by atoms with Crippen molar-refractivity contribution in [3.63, 3.8) is 0 Å². The maximum atomic E-state index is 12.4. The zero-order chi connectivity index (χ0) is 15.4. The molecule has 0 aliphatic rings. The van der Waals surface area contributed by atoms with Crippen LogP contribution in [-0.2, 0) is 0 Å².